The van der Waals surface area contributed by atoms with E-state index in [2.05, 4.69) is 15.9 Å². The van der Waals surface area contributed by atoms with Gasteiger partial charge in [0.05, 0.1) is 0 Å². The summed E-state index contributed by atoms with van der Waals surface area (Å²) in [5.41, 5.74) is 0. The number of hydrogen-bond donors (Lipinski definition) is 1. The molecule has 0 aliphatic heterocycles. The monoisotopic (exact) mass is 274 g/mol. The lowest BCUT2D eigenvalue weighted by molar-refractivity contribution is 0.0698. The molecule has 0 unspecified atom stereocenters. The molecule has 5 heteroatoms. The lowest BCUT2D eigenvalue weighted by Crippen LogP contribution is -1.94. The van der Waals surface area contributed by atoms with Gasteiger partial charge < -0.3 is 5.11 Å². The zero-order valence-corrected chi connectivity index (χ0v) is 9.15. The van der Waals surface area contributed by atoms with Gasteiger partial charge in [0.1, 0.15) is 4.88 Å². The molecule has 0 saturated carbocycles. The lowest BCUT2D eigenvalue weighted by atomic mass is 10.2. The van der Waals surface area contributed by atoms with Gasteiger partial charge in [-0.25, -0.2) is 9.18 Å². The highest BCUT2D eigenvalue weighted by Gasteiger charge is 2.17. The minimum atomic E-state index is -1.22. The molecule has 0 saturated heterocycles. The van der Waals surface area contributed by atoms with Crippen LogP contribution in [-0.4, -0.2) is 11.1 Å². The van der Waals surface area contributed by atoms with E-state index in [1.807, 2.05) is 0 Å². The number of fused-ring (bicyclic) bond motifs is 1. The van der Waals surface area contributed by atoms with E-state index in [0.29, 0.717) is 10.1 Å². The molecule has 14 heavy (non-hydrogen) atoms. The summed E-state index contributed by atoms with van der Waals surface area (Å²) in [6.45, 7) is 0. The first kappa shape index (κ1) is 9.61. The maximum Gasteiger partial charge on any atom is 0.348 e. The molecule has 1 aromatic heterocycles. The van der Waals surface area contributed by atoms with Gasteiger partial charge in [-0.1, -0.05) is 15.9 Å². The van der Waals surface area contributed by atoms with Gasteiger partial charge >= 0.3 is 5.97 Å². The van der Waals surface area contributed by atoms with Gasteiger partial charge in [-0.3, -0.25) is 0 Å². The van der Waals surface area contributed by atoms with Crippen molar-refractivity contribution in [2.45, 2.75) is 0 Å². The molecular formula is C9H4BrFO2S. The van der Waals surface area contributed by atoms with Crippen LogP contribution in [0.25, 0.3) is 10.1 Å². The highest BCUT2D eigenvalue weighted by Crippen LogP contribution is 2.31. The third-order valence-corrected chi connectivity index (χ3v) is 3.41. The van der Waals surface area contributed by atoms with Gasteiger partial charge in [0.25, 0.3) is 0 Å². The molecule has 2 aromatic rings. The summed E-state index contributed by atoms with van der Waals surface area (Å²) in [7, 11) is 0. The topological polar surface area (TPSA) is 37.3 Å². The molecule has 72 valence electrons. The van der Waals surface area contributed by atoms with Crippen molar-refractivity contribution in [3.63, 3.8) is 0 Å². The summed E-state index contributed by atoms with van der Waals surface area (Å²) in [5.74, 6) is -1.88. The molecule has 0 bridgehead atoms. The number of carboxylic acid groups (broad SMARTS) is 1. The molecule has 1 heterocycles. The summed E-state index contributed by atoms with van der Waals surface area (Å²) in [4.78, 5) is 10.4. The van der Waals surface area contributed by atoms with Crippen molar-refractivity contribution in [2.75, 3.05) is 0 Å². The highest BCUT2D eigenvalue weighted by atomic mass is 79.9. The molecular weight excluding hydrogens is 271 g/mol. The molecule has 2 nitrogen and oxygen atoms in total. The van der Waals surface area contributed by atoms with E-state index >= 15 is 0 Å². The highest BCUT2D eigenvalue weighted by molar-refractivity contribution is 9.10. The van der Waals surface area contributed by atoms with Crippen LogP contribution in [-0.2, 0) is 0 Å². The second-order valence-corrected chi connectivity index (χ2v) is 4.66. The Balaban J connectivity index is 2.80. The van der Waals surface area contributed by atoms with Crippen LogP contribution in [0.4, 0.5) is 4.39 Å². The molecule has 1 N–H and O–H groups in total. The molecule has 0 amide bonds. The third kappa shape index (κ3) is 1.42. The van der Waals surface area contributed by atoms with Crippen LogP contribution in [0, 0.1) is 5.82 Å². The Labute approximate surface area is 91.1 Å². The van der Waals surface area contributed by atoms with Crippen LogP contribution < -0.4 is 0 Å². The number of benzene rings is 1. The van der Waals surface area contributed by atoms with Gasteiger partial charge in [-0.15, -0.1) is 11.3 Å². The van der Waals surface area contributed by atoms with Crippen molar-refractivity contribution in [1.82, 2.24) is 0 Å². The van der Waals surface area contributed by atoms with Gasteiger partial charge in [-0.05, 0) is 18.2 Å². The minimum absolute atomic E-state index is 0.238. The molecule has 2 rings (SSSR count). The summed E-state index contributed by atoms with van der Waals surface area (Å²) in [6, 6.07) is 5.02. The smallest absolute Gasteiger partial charge is 0.348 e. The van der Waals surface area contributed by atoms with Crippen LogP contribution >= 0.6 is 27.3 Å². The fourth-order valence-electron chi connectivity index (χ4n) is 1.18. The van der Waals surface area contributed by atoms with Crippen LogP contribution in [0.5, 0.6) is 0 Å². The molecule has 0 spiro atoms. The van der Waals surface area contributed by atoms with Crippen LogP contribution in [0.3, 0.4) is 0 Å². The van der Waals surface area contributed by atoms with E-state index in [4.69, 9.17) is 5.11 Å². The lowest BCUT2D eigenvalue weighted by Gasteiger charge is -1.90. The van der Waals surface area contributed by atoms with E-state index < -0.39 is 11.8 Å². The summed E-state index contributed by atoms with van der Waals surface area (Å²) in [6.07, 6.45) is 0. The third-order valence-electron chi connectivity index (χ3n) is 1.78. The maximum atomic E-state index is 13.5. The van der Waals surface area contributed by atoms with Gasteiger partial charge in [0, 0.05) is 14.6 Å². The summed E-state index contributed by atoms with van der Waals surface area (Å²) in [5, 5.41) is 9.04. The number of carboxylic acids is 1. The molecule has 0 aliphatic rings. The van der Waals surface area contributed by atoms with Gasteiger partial charge in [0.15, 0.2) is 5.82 Å². The second-order valence-electron chi connectivity index (χ2n) is 2.69. The van der Waals surface area contributed by atoms with Gasteiger partial charge in [-0.2, -0.15) is 0 Å². The number of thiophene rings is 1. The Bertz CT molecular complexity index is 521. The number of aromatic carboxylic acids is 1. The zero-order chi connectivity index (χ0) is 10.3. The van der Waals surface area contributed by atoms with Gasteiger partial charge in [0.2, 0.25) is 0 Å². The number of carbonyl (C=O) groups is 1. The molecule has 0 fully saturated rings. The van der Waals surface area contributed by atoms with Crippen molar-refractivity contribution < 1.29 is 14.3 Å². The van der Waals surface area contributed by atoms with E-state index in [-0.39, 0.29) is 4.88 Å². The predicted molar refractivity (Wildman–Crippen MR) is 56.4 cm³/mol. The van der Waals surface area contributed by atoms with Crippen molar-refractivity contribution in [3.05, 3.63) is 33.4 Å². The Morgan fingerprint density at radius 3 is 2.86 bits per heavy atom. The van der Waals surface area contributed by atoms with E-state index in [9.17, 15) is 9.18 Å². The van der Waals surface area contributed by atoms with Crippen LogP contribution in [0.2, 0.25) is 0 Å². The standard InChI is InChI=1S/C9H4BrFO2S/c10-4-1-2-6-5(3-4)7(11)8(14-6)9(12)13/h1-3H,(H,12,13). The van der Waals surface area contributed by atoms with Crippen LogP contribution in [0.1, 0.15) is 9.67 Å². The normalized spacial score (nSPS) is 10.7. The molecule has 0 aliphatic carbocycles. The number of halogens is 2. The second kappa shape index (κ2) is 3.33. The molecule has 0 atom stereocenters. The average Bonchev–Trinajstić information content (AvgIpc) is 2.44. The Morgan fingerprint density at radius 1 is 1.50 bits per heavy atom. The Morgan fingerprint density at radius 2 is 2.21 bits per heavy atom. The maximum absolute atomic E-state index is 13.5. The van der Waals surface area contributed by atoms with Crippen molar-refractivity contribution in [2.24, 2.45) is 0 Å². The number of rotatable bonds is 1. The molecule has 1 aromatic carbocycles. The predicted octanol–water partition coefficient (Wildman–Crippen LogP) is 3.50. The van der Waals surface area contributed by atoms with Crippen molar-refractivity contribution >= 4 is 43.3 Å². The first-order valence-electron chi connectivity index (χ1n) is 3.70. The first-order chi connectivity index (χ1) is 6.59. The van der Waals surface area contributed by atoms with Crippen molar-refractivity contribution in [3.8, 4) is 0 Å². The number of hydrogen-bond acceptors (Lipinski definition) is 2. The Hall–Kier alpha value is -0.940. The van der Waals surface area contributed by atoms with Crippen LogP contribution in [0.15, 0.2) is 22.7 Å². The quantitative estimate of drug-likeness (QED) is 0.864. The first-order valence-corrected chi connectivity index (χ1v) is 5.31. The van der Waals surface area contributed by atoms with E-state index in [1.165, 1.54) is 0 Å². The average molecular weight is 275 g/mol. The SMILES string of the molecule is O=C(O)c1sc2ccc(Br)cc2c1F. The largest absolute Gasteiger partial charge is 0.477 e. The van der Waals surface area contributed by atoms with Crippen molar-refractivity contribution in [1.29, 1.82) is 0 Å². The fourth-order valence-corrected chi connectivity index (χ4v) is 2.44. The summed E-state index contributed by atoms with van der Waals surface area (Å²) >= 11 is 4.15. The summed E-state index contributed by atoms with van der Waals surface area (Å²) < 4.78 is 14.8. The van der Waals surface area contributed by atoms with E-state index in [1.54, 1.807) is 18.2 Å². The zero-order valence-electron chi connectivity index (χ0n) is 6.75. The molecule has 0 radical (unpaired) electrons. The Kier molecular flexibility index (Phi) is 2.28. The minimum Gasteiger partial charge on any atom is -0.477 e. The fraction of sp³-hybridized carbons (Fsp3) is 0. The van der Waals surface area contributed by atoms with E-state index in [0.717, 1.165) is 15.8 Å².